The monoisotopic (exact) mass is 631 g/mol. The van der Waals surface area contributed by atoms with E-state index in [1.54, 1.807) is 25.1 Å². The van der Waals surface area contributed by atoms with Crippen LogP contribution >= 0.6 is 11.8 Å². The van der Waals surface area contributed by atoms with Crippen molar-refractivity contribution in [2.75, 3.05) is 37.4 Å². The van der Waals surface area contributed by atoms with Crippen molar-refractivity contribution < 1.29 is 32.2 Å². The first-order valence-corrected chi connectivity index (χ1v) is 15.4. The Balaban J connectivity index is 1.65. The summed E-state index contributed by atoms with van der Waals surface area (Å²) in [5.74, 6) is -0.889. The van der Waals surface area contributed by atoms with Crippen LogP contribution in [0.3, 0.4) is 0 Å². The third-order valence-corrected chi connectivity index (χ3v) is 8.44. The number of pyridine rings is 2. The largest absolute Gasteiger partial charge is 0.462 e. The first kappa shape index (κ1) is 31.5. The van der Waals surface area contributed by atoms with Gasteiger partial charge in [0.15, 0.2) is 6.04 Å². The molecule has 0 saturated carbocycles. The van der Waals surface area contributed by atoms with E-state index in [0.717, 1.165) is 11.8 Å². The maximum atomic E-state index is 13.7. The molecule has 2 aromatic heterocycles. The van der Waals surface area contributed by atoms with Gasteiger partial charge in [-0.25, -0.2) is 14.6 Å². The van der Waals surface area contributed by atoms with Gasteiger partial charge >= 0.3 is 18.2 Å². The van der Waals surface area contributed by atoms with E-state index in [1.165, 1.54) is 18.5 Å². The Morgan fingerprint density at radius 2 is 1.93 bits per heavy atom. The van der Waals surface area contributed by atoms with E-state index < -0.39 is 29.6 Å². The molecule has 14 heteroatoms. The zero-order valence-electron chi connectivity index (χ0n) is 24.2. The molecule has 2 aliphatic rings. The molecule has 1 unspecified atom stereocenters. The summed E-state index contributed by atoms with van der Waals surface area (Å²) in [4.78, 5) is 47.1. The van der Waals surface area contributed by atoms with Gasteiger partial charge < -0.3 is 19.4 Å². The number of urea groups is 1. The minimum absolute atomic E-state index is 0.0177. The summed E-state index contributed by atoms with van der Waals surface area (Å²) < 4.78 is 53.2. The van der Waals surface area contributed by atoms with Crippen LogP contribution in [0.1, 0.15) is 55.1 Å². The summed E-state index contributed by atoms with van der Waals surface area (Å²) in [5, 5.41) is 5.67. The number of ether oxygens (including phenoxy) is 2. The number of hydrogen-bond acceptors (Lipinski definition) is 8. The fourth-order valence-corrected chi connectivity index (χ4v) is 6.27. The topological polar surface area (TPSA) is 124 Å². The second-order valence-corrected chi connectivity index (χ2v) is 11.4. The van der Waals surface area contributed by atoms with E-state index in [9.17, 15) is 27.6 Å². The van der Waals surface area contributed by atoms with E-state index >= 15 is 0 Å². The SMILES string of the molecule is CCCNC(=O)Nc1cc(C2=NC(C(F)(F)F)CS2)c(-c2ccc3c(c2)c(=O)c(C(=O)OCC)cn3C2CCOCC2)cn1. The van der Waals surface area contributed by atoms with Gasteiger partial charge in [0.1, 0.15) is 11.4 Å². The molecule has 234 valence electrons. The molecule has 1 atom stereocenters. The third-order valence-electron chi connectivity index (χ3n) is 7.36. The second kappa shape index (κ2) is 13.4. The highest BCUT2D eigenvalue weighted by Crippen LogP contribution is 2.37. The summed E-state index contributed by atoms with van der Waals surface area (Å²) in [6.45, 7) is 5.16. The molecule has 1 aromatic carbocycles. The predicted octanol–water partition coefficient (Wildman–Crippen LogP) is 5.55. The molecule has 2 amide bonds. The Labute approximate surface area is 255 Å². The normalized spacial score (nSPS) is 17.4. The quantitative estimate of drug-likeness (QED) is 0.313. The number of halogens is 3. The van der Waals surface area contributed by atoms with Crippen LogP contribution in [0.4, 0.5) is 23.8 Å². The number of anilines is 1. The van der Waals surface area contributed by atoms with E-state index in [0.29, 0.717) is 61.2 Å². The van der Waals surface area contributed by atoms with Gasteiger partial charge in [0.25, 0.3) is 0 Å². The average Bonchev–Trinajstić information content (AvgIpc) is 3.52. The zero-order valence-corrected chi connectivity index (χ0v) is 25.0. The molecule has 44 heavy (non-hydrogen) atoms. The number of aliphatic imine (C=N–C) groups is 1. The van der Waals surface area contributed by atoms with Gasteiger partial charge in [0, 0.05) is 60.5 Å². The van der Waals surface area contributed by atoms with Crippen LogP contribution in [0.2, 0.25) is 0 Å². The van der Waals surface area contributed by atoms with E-state index in [2.05, 4.69) is 20.6 Å². The number of amides is 2. The summed E-state index contributed by atoms with van der Waals surface area (Å²) >= 11 is 0.956. The van der Waals surface area contributed by atoms with Crippen LogP contribution < -0.4 is 16.1 Å². The lowest BCUT2D eigenvalue weighted by Gasteiger charge is -2.27. The first-order valence-electron chi connectivity index (χ1n) is 14.4. The van der Waals surface area contributed by atoms with E-state index in [-0.39, 0.29) is 40.2 Å². The molecule has 2 N–H and O–H groups in total. The molecular weight excluding hydrogens is 599 g/mol. The van der Waals surface area contributed by atoms with Crippen molar-refractivity contribution in [2.45, 2.75) is 51.4 Å². The van der Waals surface area contributed by atoms with Gasteiger partial charge in [-0.05, 0) is 49.9 Å². The van der Waals surface area contributed by atoms with Gasteiger partial charge in [0.2, 0.25) is 5.43 Å². The third kappa shape index (κ3) is 6.75. The van der Waals surface area contributed by atoms with Gasteiger partial charge in [-0.15, -0.1) is 11.8 Å². The molecule has 4 heterocycles. The Morgan fingerprint density at radius 1 is 1.16 bits per heavy atom. The van der Waals surface area contributed by atoms with Crippen molar-refractivity contribution in [1.82, 2.24) is 14.9 Å². The summed E-state index contributed by atoms with van der Waals surface area (Å²) in [7, 11) is 0. The smallest absolute Gasteiger partial charge is 0.411 e. The number of fused-ring (bicyclic) bond motifs is 1. The number of alkyl halides is 3. The van der Waals surface area contributed by atoms with E-state index in [4.69, 9.17) is 9.47 Å². The van der Waals surface area contributed by atoms with Crippen LogP contribution in [0, 0.1) is 0 Å². The molecule has 0 spiro atoms. The van der Waals surface area contributed by atoms with Gasteiger partial charge in [-0.3, -0.25) is 15.1 Å². The minimum atomic E-state index is -4.51. The molecule has 5 rings (SSSR count). The number of esters is 1. The number of rotatable bonds is 8. The molecule has 10 nitrogen and oxygen atoms in total. The highest BCUT2D eigenvalue weighted by Gasteiger charge is 2.43. The number of carbonyl (C=O) groups is 2. The van der Waals surface area contributed by atoms with Crippen molar-refractivity contribution in [3.8, 4) is 11.1 Å². The maximum absolute atomic E-state index is 13.7. The second-order valence-electron chi connectivity index (χ2n) is 10.4. The molecule has 0 bridgehead atoms. The first-order chi connectivity index (χ1) is 21.1. The number of nitrogens with zero attached hydrogens (tertiary/aromatic N) is 3. The fraction of sp³-hybridized carbons (Fsp3) is 0.433. The van der Waals surface area contributed by atoms with Gasteiger partial charge in [-0.1, -0.05) is 13.0 Å². The van der Waals surface area contributed by atoms with Gasteiger partial charge in [-0.2, -0.15) is 13.2 Å². The van der Waals surface area contributed by atoms with E-state index in [1.807, 2.05) is 11.5 Å². The van der Waals surface area contributed by atoms with Gasteiger partial charge in [0.05, 0.1) is 17.2 Å². The lowest BCUT2D eigenvalue weighted by molar-refractivity contribution is -0.141. The standard InChI is InChI=1S/C30H32F3N5O5S/c1-3-9-34-29(41)37-25-13-19(27-36-24(16-44-27)30(31,32)33)21(14-35-25)17-5-6-23-20(12-17)26(39)22(28(40)43-4-2)15-38(23)18-7-10-42-11-8-18/h5-6,12-15,18,24H,3-4,7-11,16H2,1-2H3,(H2,34,35,37,41). The number of thioether (sulfide) groups is 1. The van der Waals surface area contributed by atoms with Crippen molar-refractivity contribution in [1.29, 1.82) is 0 Å². The van der Waals surface area contributed by atoms with Crippen LogP contribution in [0.25, 0.3) is 22.0 Å². The number of hydrogen-bond donors (Lipinski definition) is 2. The predicted molar refractivity (Wildman–Crippen MR) is 163 cm³/mol. The highest BCUT2D eigenvalue weighted by atomic mass is 32.2. The molecule has 0 aliphatic carbocycles. The number of nitrogens with one attached hydrogen (secondary N) is 2. The molecule has 2 aliphatic heterocycles. The minimum Gasteiger partial charge on any atom is -0.462 e. The molecule has 1 saturated heterocycles. The Morgan fingerprint density at radius 3 is 2.61 bits per heavy atom. The Bertz CT molecular complexity index is 1650. The number of carbonyl (C=O) groups excluding carboxylic acids is 2. The van der Waals surface area contributed by atoms with Crippen molar-refractivity contribution in [3.05, 3.63) is 58.0 Å². The number of aromatic nitrogens is 2. The van der Waals surface area contributed by atoms with Crippen molar-refractivity contribution >= 4 is 45.5 Å². The fourth-order valence-electron chi connectivity index (χ4n) is 5.16. The lowest BCUT2D eigenvalue weighted by Crippen LogP contribution is -2.29. The Kier molecular flexibility index (Phi) is 9.59. The highest BCUT2D eigenvalue weighted by molar-refractivity contribution is 8.14. The zero-order chi connectivity index (χ0) is 31.4. The number of benzene rings is 1. The Hall–Kier alpha value is -3.91. The van der Waals surface area contributed by atoms with Crippen molar-refractivity contribution in [2.24, 2.45) is 4.99 Å². The lowest BCUT2D eigenvalue weighted by atomic mass is 9.98. The molecular formula is C30H32F3N5O5S. The molecule has 1 fully saturated rings. The maximum Gasteiger partial charge on any atom is 0.411 e. The summed E-state index contributed by atoms with van der Waals surface area (Å²) in [6.07, 6.45) is 0.554. The summed E-state index contributed by atoms with van der Waals surface area (Å²) in [6, 6.07) is 4.21. The van der Waals surface area contributed by atoms with Crippen LogP contribution in [0.5, 0.6) is 0 Å². The molecule has 3 aromatic rings. The van der Waals surface area contributed by atoms with Crippen molar-refractivity contribution in [3.63, 3.8) is 0 Å². The van der Waals surface area contributed by atoms with Crippen LogP contribution in [0.15, 0.2) is 46.4 Å². The van der Waals surface area contributed by atoms with Crippen LogP contribution in [-0.2, 0) is 9.47 Å². The summed E-state index contributed by atoms with van der Waals surface area (Å²) in [5.41, 5.74) is 1.20. The molecule has 0 radical (unpaired) electrons. The van der Waals surface area contributed by atoms with Crippen LogP contribution in [-0.4, -0.2) is 70.9 Å². The average molecular weight is 632 g/mol.